The molecule has 0 aliphatic heterocycles. The van der Waals surface area contributed by atoms with Crippen LogP contribution in [-0.4, -0.2) is 42.0 Å². The second-order valence-corrected chi connectivity index (χ2v) is 5.44. The monoisotopic (exact) mass is 332 g/mol. The summed E-state index contributed by atoms with van der Waals surface area (Å²) in [6, 6.07) is 3.31. The number of nitrogens with one attached hydrogen (secondary N) is 1. The summed E-state index contributed by atoms with van der Waals surface area (Å²) in [6.07, 6.45) is 4.35. The van der Waals surface area contributed by atoms with Crippen LogP contribution in [0.4, 0.5) is 11.5 Å². The molecule has 0 aliphatic rings. The summed E-state index contributed by atoms with van der Waals surface area (Å²) in [7, 11) is 0. The Hall–Kier alpha value is -0.980. The molecule has 1 aromatic rings. The molecule has 1 rings (SSSR count). The summed E-state index contributed by atoms with van der Waals surface area (Å²) in [5.41, 5.74) is 6.50. The highest BCUT2D eigenvalue weighted by molar-refractivity contribution is 7.98. The highest BCUT2D eigenvalue weighted by Crippen LogP contribution is 2.14. The van der Waals surface area contributed by atoms with Crippen LogP contribution < -0.4 is 16.0 Å². The molecule has 1 atom stereocenters. The van der Waals surface area contributed by atoms with Crippen LogP contribution in [0, 0.1) is 0 Å². The standard InChI is InChI=1S/C14H24N4OS.ClH/c1-4-18(5-2)13-7-6-11(10-16-13)17-14(19)12(15)8-9-20-3;/h6-7,10,12H,4-5,8-9,15H2,1-3H3,(H,17,19);1H/t12-;/m0./s1. The topological polar surface area (TPSA) is 71.2 Å². The van der Waals surface area contributed by atoms with Crippen molar-refractivity contribution in [2.45, 2.75) is 26.3 Å². The lowest BCUT2D eigenvalue weighted by molar-refractivity contribution is -0.117. The van der Waals surface area contributed by atoms with E-state index >= 15 is 0 Å². The van der Waals surface area contributed by atoms with Gasteiger partial charge in [0.2, 0.25) is 5.91 Å². The van der Waals surface area contributed by atoms with Crippen molar-refractivity contribution in [3.05, 3.63) is 18.3 Å². The number of aromatic nitrogens is 1. The van der Waals surface area contributed by atoms with E-state index in [9.17, 15) is 4.79 Å². The molecule has 7 heteroatoms. The number of amides is 1. The van der Waals surface area contributed by atoms with Gasteiger partial charge in [0, 0.05) is 13.1 Å². The van der Waals surface area contributed by atoms with Crippen LogP contribution in [-0.2, 0) is 4.79 Å². The lowest BCUT2D eigenvalue weighted by atomic mass is 10.2. The van der Waals surface area contributed by atoms with Crippen LogP contribution in [0.2, 0.25) is 0 Å². The van der Waals surface area contributed by atoms with Gasteiger partial charge < -0.3 is 16.0 Å². The summed E-state index contributed by atoms with van der Waals surface area (Å²) in [6.45, 7) is 6.00. The number of hydrogen-bond acceptors (Lipinski definition) is 5. The number of thioether (sulfide) groups is 1. The molecule has 0 aliphatic carbocycles. The molecule has 1 heterocycles. The van der Waals surface area contributed by atoms with E-state index in [4.69, 9.17) is 5.73 Å². The molecule has 0 saturated carbocycles. The third-order valence-corrected chi connectivity index (χ3v) is 3.72. The number of carbonyl (C=O) groups excluding carboxylic acids is 1. The summed E-state index contributed by atoms with van der Waals surface area (Å²) in [5.74, 6) is 1.64. The van der Waals surface area contributed by atoms with E-state index in [1.807, 2.05) is 18.4 Å². The van der Waals surface area contributed by atoms with Gasteiger partial charge in [-0.15, -0.1) is 12.4 Å². The van der Waals surface area contributed by atoms with Crippen LogP contribution >= 0.6 is 24.2 Å². The minimum atomic E-state index is -0.468. The number of rotatable bonds is 8. The van der Waals surface area contributed by atoms with E-state index in [2.05, 4.69) is 29.0 Å². The van der Waals surface area contributed by atoms with Crippen LogP contribution in [0.25, 0.3) is 0 Å². The Kier molecular flexibility index (Phi) is 10.2. The lowest BCUT2D eigenvalue weighted by Crippen LogP contribution is -2.36. The quantitative estimate of drug-likeness (QED) is 0.764. The summed E-state index contributed by atoms with van der Waals surface area (Å²) >= 11 is 1.69. The second kappa shape index (κ2) is 10.7. The molecule has 0 radical (unpaired) electrons. The van der Waals surface area contributed by atoms with Crippen molar-refractivity contribution < 1.29 is 4.79 Å². The van der Waals surface area contributed by atoms with E-state index in [1.165, 1.54) is 0 Å². The fourth-order valence-electron chi connectivity index (χ4n) is 1.81. The van der Waals surface area contributed by atoms with Crippen LogP contribution in [0.1, 0.15) is 20.3 Å². The second-order valence-electron chi connectivity index (χ2n) is 4.45. The van der Waals surface area contributed by atoms with Gasteiger partial charge in [0.05, 0.1) is 17.9 Å². The summed E-state index contributed by atoms with van der Waals surface area (Å²) in [4.78, 5) is 18.4. The Morgan fingerprint density at radius 1 is 1.43 bits per heavy atom. The van der Waals surface area contributed by atoms with Crippen LogP contribution in [0.5, 0.6) is 0 Å². The van der Waals surface area contributed by atoms with E-state index in [0.29, 0.717) is 12.1 Å². The van der Waals surface area contributed by atoms with Crippen molar-refractivity contribution in [1.29, 1.82) is 0 Å². The predicted molar refractivity (Wildman–Crippen MR) is 94.7 cm³/mol. The minimum absolute atomic E-state index is 0. The predicted octanol–water partition coefficient (Wildman–Crippen LogP) is 2.37. The van der Waals surface area contributed by atoms with Crippen molar-refractivity contribution in [2.24, 2.45) is 5.73 Å². The Labute approximate surface area is 137 Å². The number of hydrogen-bond donors (Lipinski definition) is 2. The molecule has 0 saturated heterocycles. The van der Waals surface area contributed by atoms with E-state index in [-0.39, 0.29) is 18.3 Å². The molecule has 120 valence electrons. The maximum atomic E-state index is 11.9. The molecule has 0 unspecified atom stereocenters. The van der Waals surface area contributed by atoms with Gasteiger partial charge in [-0.25, -0.2) is 4.98 Å². The van der Waals surface area contributed by atoms with Gasteiger partial charge in [-0.3, -0.25) is 4.79 Å². The lowest BCUT2D eigenvalue weighted by Gasteiger charge is -2.19. The van der Waals surface area contributed by atoms with Gasteiger partial charge in [0.25, 0.3) is 0 Å². The highest BCUT2D eigenvalue weighted by atomic mass is 35.5. The highest BCUT2D eigenvalue weighted by Gasteiger charge is 2.13. The van der Waals surface area contributed by atoms with Gasteiger partial charge >= 0.3 is 0 Å². The van der Waals surface area contributed by atoms with Gasteiger partial charge in [-0.2, -0.15) is 11.8 Å². The molecular weight excluding hydrogens is 308 g/mol. The van der Waals surface area contributed by atoms with Crippen molar-refractivity contribution >= 4 is 41.6 Å². The number of nitrogens with zero attached hydrogens (tertiary/aromatic N) is 2. The molecular formula is C14H25ClN4OS. The van der Waals surface area contributed by atoms with Gasteiger partial charge in [0.15, 0.2) is 0 Å². The van der Waals surface area contributed by atoms with E-state index < -0.39 is 6.04 Å². The van der Waals surface area contributed by atoms with Crippen LogP contribution in [0.3, 0.4) is 0 Å². The maximum Gasteiger partial charge on any atom is 0.241 e. The molecule has 0 aromatic carbocycles. The zero-order valence-corrected chi connectivity index (χ0v) is 14.5. The third-order valence-electron chi connectivity index (χ3n) is 3.07. The molecule has 3 N–H and O–H groups in total. The number of halogens is 1. The fourth-order valence-corrected chi connectivity index (χ4v) is 2.30. The number of carbonyl (C=O) groups is 1. The van der Waals surface area contributed by atoms with Gasteiger partial charge in [-0.1, -0.05) is 0 Å². The first-order chi connectivity index (χ1) is 9.62. The Morgan fingerprint density at radius 2 is 2.10 bits per heavy atom. The van der Waals surface area contributed by atoms with Crippen LogP contribution in [0.15, 0.2) is 18.3 Å². The normalized spacial score (nSPS) is 11.4. The first kappa shape index (κ1) is 20.0. The molecule has 1 aromatic heterocycles. The zero-order chi connectivity index (χ0) is 15.0. The first-order valence-electron chi connectivity index (χ1n) is 6.88. The average Bonchev–Trinajstić information content (AvgIpc) is 2.47. The first-order valence-corrected chi connectivity index (χ1v) is 8.28. The molecule has 0 fully saturated rings. The molecule has 0 spiro atoms. The van der Waals surface area contributed by atoms with Crippen molar-refractivity contribution in [2.75, 3.05) is 35.3 Å². The molecule has 21 heavy (non-hydrogen) atoms. The maximum absolute atomic E-state index is 11.9. The Bertz CT molecular complexity index is 412. The molecule has 5 nitrogen and oxygen atoms in total. The SMILES string of the molecule is CCN(CC)c1ccc(NC(=O)[C@@H](N)CCSC)cn1.Cl. The number of pyridine rings is 1. The van der Waals surface area contributed by atoms with E-state index in [0.717, 1.165) is 24.7 Å². The largest absolute Gasteiger partial charge is 0.357 e. The number of nitrogens with two attached hydrogens (primary N) is 1. The smallest absolute Gasteiger partial charge is 0.241 e. The Morgan fingerprint density at radius 3 is 2.57 bits per heavy atom. The fraction of sp³-hybridized carbons (Fsp3) is 0.571. The van der Waals surface area contributed by atoms with E-state index in [1.54, 1.807) is 18.0 Å². The van der Waals surface area contributed by atoms with Crippen molar-refractivity contribution in [1.82, 2.24) is 4.98 Å². The van der Waals surface area contributed by atoms with Crippen molar-refractivity contribution in [3.8, 4) is 0 Å². The number of anilines is 2. The van der Waals surface area contributed by atoms with Gasteiger partial charge in [0.1, 0.15) is 5.82 Å². The zero-order valence-electron chi connectivity index (χ0n) is 12.8. The summed E-state index contributed by atoms with van der Waals surface area (Å²) in [5, 5.41) is 2.80. The Balaban J connectivity index is 0.00000400. The average molecular weight is 333 g/mol. The molecule has 0 bridgehead atoms. The summed E-state index contributed by atoms with van der Waals surface area (Å²) < 4.78 is 0. The van der Waals surface area contributed by atoms with Crippen molar-refractivity contribution in [3.63, 3.8) is 0 Å². The molecule has 1 amide bonds. The minimum Gasteiger partial charge on any atom is -0.357 e. The van der Waals surface area contributed by atoms with Gasteiger partial charge in [-0.05, 0) is 44.4 Å². The third kappa shape index (κ3) is 6.54.